The Morgan fingerprint density at radius 1 is 1.29 bits per heavy atom. The van der Waals surface area contributed by atoms with Crippen molar-refractivity contribution in [1.29, 1.82) is 0 Å². The number of hydrogen-bond acceptors (Lipinski definition) is 6. The van der Waals surface area contributed by atoms with E-state index < -0.39 is 15.6 Å². The van der Waals surface area contributed by atoms with Crippen LogP contribution in [0.4, 0.5) is 0 Å². The van der Waals surface area contributed by atoms with E-state index in [9.17, 15) is 18.3 Å². The van der Waals surface area contributed by atoms with Crippen molar-refractivity contribution in [2.45, 2.75) is 51.2 Å². The summed E-state index contributed by atoms with van der Waals surface area (Å²) in [4.78, 5) is 18.9. The van der Waals surface area contributed by atoms with Crippen molar-refractivity contribution in [3.63, 3.8) is 0 Å². The van der Waals surface area contributed by atoms with Gasteiger partial charge in [-0.3, -0.25) is 9.36 Å². The Bertz CT molecular complexity index is 846. The second-order valence-corrected chi connectivity index (χ2v) is 10.7. The smallest absolute Gasteiger partial charge is 0.253 e. The molecule has 28 heavy (non-hydrogen) atoms. The standard InChI is InChI=1S/C19H32N4O4S/c1-15(2)17-10-18(24)22(14-20-17)11-16-4-7-21(8-5-16)12-19(25)6-9-23(13-19)28(3,26)27/h10,14-16,25H,4-9,11-13H2,1-3H3. The van der Waals surface area contributed by atoms with Gasteiger partial charge in [-0.15, -0.1) is 0 Å². The number of rotatable bonds is 6. The third-order valence-electron chi connectivity index (χ3n) is 5.94. The molecular weight excluding hydrogens is 380 g/mol. The van der Waals surface area contributed by atoms with E-state index in [0.717, 1.165) is 31.6 Å². The van der Waals surface area contributed by atoms with Crippen LogP contribution in [0.25, 0.3) is 0 Å². The predicted molar refractivity (Wildman–Crippen MR) is 108 cm³/mol. The number of β-amino-alcohol motifs (C(OH)–C–C–N with tert-alkyl or cyclic N) is 1. The molecule has 2 saturated heterocycles. The Kier molecular flexibility index (Phi) is 6.29. The van der Waals surface area contributed by atoms with E-state index in [-0.39, 0.29) is 18.0 Å². The van der Waals surface area contributed by atoms with Crippen LogP contribution in [0, 0.1) is 5.92 Å². The number of sulfonamides is 1. The lowest BCUT2D eigenvalue weighted by Gasteiger charge is -2.36. The monoisotopic (exact) mass is 412 g/mol. The highest BCUT2D eigenvalue weighted by Crippen LogP contribution is 2.27. The number of piperidine rings is 1. The largest absolute Gasteiger partial charge is 0.387 e. The van der Waals surface area contributed by atoms with Crippen molar-refractivity contribution in [3.8, 4) is 0 Å². The van der Waals surface area contributed by atoms with E-state index in [4.69, 9.17) is 0 Å². The summed E-state index contributed by atoms with van der Waals surface area (Å²) in [6.45, 7) is 7.46. The van der Waals surface area contributed by atoms with Crippen molar-refractivity contribution in [2.24, 2.45) is 5.92 Å². The zero-order chi connectivity index (χ0) is 20.5. The van der Waals surface area contributed by atoms with E-state index in [1.165, 1.54) is 10.6 Å². The lowest BCUT2D eigenvalue weighted by atomic mass is 9.94. The van der Waals surface area contributed by atoms with E-state index in [1.54, 1.807) is 17.0 Å². The molecule has 3 rings (SSSR count). The Morgan fingerprint density at radius 2 is 1.96 bits per heavy atom. The number of aliphatic hydroxyl groups is 1. The molecule has 9 heteroatoms. The maximum atomic E-state index is 12.3. The van der Waals surface area contributed by atoms with E-state index >= 15 is 0 Å². The van der Waals surface area contributed by atoms with Crippen molar-refractivity contribution in [1.82, 2.24) is 18.8 Å². The van der Waals surface area contributed by atoms with Gasteiger partial charge >= 0.3 is 0 Å². The first-order valence-electron chi connectivity index (χ1n) is 10.0. The third kappa shape index (κ3) is 5.20. The lowest BCUT2D eigenvalue weighted by Crippen LogP contribution is -2.48. The van der Waals surface area contributed by atoms with Gasteiger partial charge in [-0.2, -0.15) is 4.31 Å². The van der Waals surface area contributed by atoms with E-state index in [2.05, 4.69) is 9.88 Å². The molecule has 1 aromatic heterocycles. The molecule has 2 aliphatic rings. The van der Waals surface area contributed by atoms with Crippen molar-refractivity contribution in [2.75, 3.05) is 39.0 Å². The summed E-state index contributed by atoms with van der Waals surface area (Å²) in [6.07, 6.45) is 5.22. The fraction of sp³-hybridized carbons (Fsp3) is 0.789. The van der Waals surface area contributed by atoms with Crippen LogP contribution in [0.15, 0.2) is 17.2 Å². The van der Waals surface area contributed by atoms with Crippen molar-refractivity contribution in [3.05, 3.63) is 28.4 Å². The molecular formula is C19H32N4O4S. The van der Waals surface area contributed by atoms with E-state index in [1.807, 2.05) is 13.8 Å². The van der Waals surface area contributed by atoms with Crippen molar-refractivity contribution < 1.29 is 13.5 Å². The molecule has 8 nitrogen and oxygen atoms in total. The highest BCUT2D eigenvalue weighted by Gasteiger charge is 2.41. The molecule has 158 valence electrons. The van der Waals surface area contributed by atoms with Crippen LogP contribution in [0.2, 0.25) is 0 Å². The van der Waals surface area contributed by atoms with Gasteiger partial charge in [0.15, 0.2) is 0 Å². The number of hydrogen-bond donors (Lipinski definition) is 1. The van der Waals surface area contributed by atoms with Crippen LogP contribution in [0.1, 0.15) is 44.7 Å². The van der Waals surface area contributed by atoms with Crippen LogP contribution in [0.3, 0.4) is 0 Å². The topological polar surface area (TPSA) is 95.7 Å². The summed E-state index contributed by atoms with van der Waals surface area (Å²) in [5.41, 5.74) is -0.144. The SMILES string of the molecule is CC(C)c1cc(=O)n(CC2CCN(CC3(O)CCN(S(C)(=O)=O)C3)CC2)cn1. The quantitative estimate of drug-likeness (QED) is 0.730. The van der Waals surface area contributed by atoms with Gasteiger partial charge in [-0.25, -0.2) is 13.4 Å². The van der Waals surface area contributed by atoms with Crippen LogP contribution in [0.5, 0.6) is 0 Å². The van der Waals surface area contributed by atoms with Gasteiger partial charge in [0.2, 0.25) is 10.0 Å². The Balaban J connectivity index is 1.51. The van der Waals surface area contributed by atoms with Gasteiger partial charge in [0, 0.05) is 32.2 Å². The van der Waals surface area contributed by atoms with Crippen LogP contribution < -0.4 is 5.56 Å². The third-order valence-corrected chi connectivity index (χ3v) is 7.19. The molecule has 2 fully saturated rings. The highest BCUT2D eigenvalue weighted by molar-refractivity contribution is 7.88. The molecule has 0 aromatic carbocycles. The van der Waals surface area contributed by atoms with Gasteiger partial charge in [0.05, 0.1) is 23.9 Å². The van der Waals surface area contributed by atoms with Gasteiger partial charge in [-0.05, 0) is 44.2 Å². The number of nitrogens with zero attached hydrogens (tertiary/aromatic N) is 4. The highest BCUT2D eigenvalue weighted by atomic mass is 32.2. The number of likely N-dealkylation sites (tertiary alicyclic amines) is 1. The fourth-order valence-corrected chi connectivity index (χ4v) is 5.04. The second kappa shape index (κ2) is 8.22. The summed E-state index contributed by atoms with van der Waals surface area (Å²) < 4.78 is 26.4. The van der Waals surface area contributed by atoms with Crippen LogP contribution in [-0.4, -0.2) is 76.9 Å². The molecule has 0 bridgehead atoms. The predicted octanol–water partition coefficient (Wildman–Crippen LogP) is 0.475. The minimum Gasteiger partial charge on any atom is -0.387 e. The normalized spacial score (nSPS) is 25.6. The molecule has 2 aliphatic heterocycles. The summed E-state index contributed by atoms with van der Waals surface area (Å²) in [7, 11) is -3.25. The minimum absolute atomic E-state index is 0.00210. The maximum Gasteiger partial charge on any atom is 0.253 e. The molecule has 0 amide bonds. The van der Waals surface area contributed by atoms with Crippen LogP contribution in [-0.2, 0) is 16.6 Å². The average Bonchev–Trinajstić information content (AvgIpc) is 3.00. The van der Waals surface area contributed by atoms with Gasteiger partial charge < -0.3 is 10.0 Å². The molecule has 0 aliphatic carbocycles. The summed E-state index contributed by atoms with van der Waals surface area (Å²) in [5.74, 6) is 0.650. The molecule has 1 unspecified atom stereocenters. The first kappa shape index (κ1) is 21.4. The fourth-order valence-electron chi connectivity index (χ4n) is 4.15. The summed E-state index contributed by atoms with van der Waals surface area (Å²) >= 11 is 0. The lowest BCUT2D eigenvalue weighted by molar-refractivity contribution is 0.00601. The van der Waals surface area contributed by atoms with Crippen LogP contribution >= 0.6 is 0 Å². The molecule has 3 heterocycles. The molecule has 0 saturated carbocycles. The zero-order valence-corrected chi connectivity index (χ0v) is 17.9. The van der Waals surface area contributed by atoms with Gasteiger partial charge in [0.25, 0.3) is 5.56 Å². The van der Waals surface area contributed by atoms with E-state index in [0.29, 0.717) is 32.0 Å². The molecule has 1 aromatic rings. The van der Waals surface area contributed by atoms with Crippen molar-refractivity contribution >= 4 is 10.0 Å². The van der Waals surface area contributed by atoms with Gasteiger partial charge in [0.1, 0.15) is 0 Å². The zero-order valence-electron chi connectivity index (χ0n) is 17.0. The Labute approximate surface area is 167 Å². The molecule has 0 spiro atoms. The second-order valence-electron chi connectivity index (χ2n) is 8.75. The molecule has 1 atom stereocenters. The first-order valence-corrected chi connectivity index (χ1v) is 11.9. The number of aromatic nitrogens is 2. The Morgan fingerprint density at radius 3 is 2.50 bits per heavy atom. The summed E-state index contributed by atoms with van der Waals surface area (Å²) in [6, 6.07) is 1.63. The molecule has 1 N–H and O–H groups in total. The first-order chi connectivity index (χ1) is 13.1. The molecule has 0 radical (unpaired) electrons. The summed E-state index contributed by atoms with van der Waals surface area (Å²) in [5, 5.41) is 10.8. The minimum atomic E-state index is -3.25. The average molecular weight is 413 g/mol. The Hall–Kier alpha value is -1.29. The van der Waals surface area contributed by atoms with Gasteiger partial charge in [-0.1, -0.05) is 13.8 Å². The maximum absolute atomic E-state index is 12.3.